The van der Waals surface area contributed by atoms with Crippen LogP contribution in [-0.2, 0) is 23.7 Å². The molecule has 0 unspecified atom stereocenters. The Kier molecular flexibility index (Phi) is 6.12. The van der Waals surface area contributed by atoms with Gasteiger partial charge in [-0.15, -0.1) is 0 Å². The molecule has 2 aliphatic heterocycles. The van der Waals surface area contributed by atoms with E-state index < -0.39 is 29.5 Å². The molecule has 2 heterocycles. The number of cyclic esters (lactones) is 1. The average Bonchev–Trinajstić information content (AvgIpc) is 3.11. The molecule has 7 heteroatoms. The number of carbonyl (C=O) groups is 1. The highest BCUT2D eigenvalue weighted by Crippen LogP contribution is 2.62. The molecule has 0 aromatic heterocycles. The maximum atomic E-state index is 13.0. The lowest BCUT2D eigenvalue weighted by atomic mass is 9.52. The van der Waals surface area contributed by atoms with Gasteiger partial charge in [0, 0.05) is 43.3 Å². The van der Waals surface area contributed by atoms with Gasteiger partial charge in [0.1, 0.15) is 0 Å². The van der Waals surface area contributed by atoms with Crippen LogP contribution in [0, 0.1) is 35.0 Å². The van der Waals surface area contributed by atoms with Gasteiger partial charge in [-0.25, -0.2) is 0 Å². The summed E-state index contributed by atoms with van der Waals surface area (Å²) in [5.41, 5.74) is 0.507. The monoisotopic (exact) mass is 422 g/mol. The van der Waals surface area contributed by atoms with Crippen LogP contribution in [0.3, 0.4) is 0 Å². The van der Waals surface area contributed by atoms with E-state index >= 15 is 0 Å². The third-order valence-corrected chi connectivity index (χ3v) is 7.75. The van der Waals surface area contributed by atoms with Gasteiger partial charge in [-0.3, -0.25) is 4.79 Å². The SMILES string of the molecule is COC[C@H]1[C@@H](O)[C@H]2C[C@@H]([C@@H]1O)[C@]13/C(C)=C/[C@@H](C)COC(=O)[C@H](COC)[C@H]1C=C[C@H]3O2. The number of esters is 1. The molecular formula is C23H34O7. The molecule has 4 rings (SSSR count). The Bertz CT molecular complexity index is 718. The number of aliphatic hydroxyl groups is 2. The Morgan fingerprint density at radius 3 is 2.60 bits per heavy atom. The van der Waals surface area contributed by atoms with Crippen molar-refractivity contribution < 1.29 is 34.0 Å². The van der Waals surface area contributed by atoms with Gasteiger partial charge in [0.2, 0.25) is 0 Å². The van der Waals surface area contributed by atoms with E-state index in [2.05, 4.69) is 13.0 Å². The zero-order chi connectivity index (χ0) is 21.6. The molecule has 2 aliphatic carbocycles. The van der Waals surface area contributed by atoms with Crippen molar-refractivity contribution in [1.82, 2.24) is 0 Å². The number of ether oxygens (including phenoxy) is 4. The highest BCUT2D eigenvalue weighted by atomic mass is 16.5. The molecule has 4 aliphatic rings. The van der Waals surface area contributed by atoms with Crippen molar-refractivity contribution in [3.8, 4) is 0 Å². The first-order chi connectivity index (χ1) is 14.4. The molecule has 30 heavy (non-hydrogen) atoms. The molecule has 2 N–H and O–H groups in total. The van der Waals surface area contributed by atoms with Crippen LogP contribution in [0.15, 0.2) is 23.8 Å². The van der Waals surface area contributed by atoms with Gasteiger partial charge < -0.3 is 29.2 Å². The van der Waals surface area contributed by atoms with Gasteiger partial charge in [0.25, 0.3) is 0 Å². The minimum absolute atomic E-state index is 0.0466. The second kappa shape index (κ2) is 8.36. The predicted molar refractivity (Wildman–Crippen MR) is 108 cm³/mol. The fraction of sp³-hybridized carbons (Fsp3) is 0.783. The van der Waals surface area contributed by atoms with Crippen LogP contribution < -0.4 is 0 Å². The number of fused-ring (bicyclic) bond motifs is 2. The molecule has 0 amide bonds. The number of methoxy groups -OCH3 is 2. The third-order valence-electron chi connectivity index (χ3n) is 7.75. The number of aliphatic hydroxyl groups excluding tert-OH is 2. The molecule has 1 spiro atoms. The zero-order valence-electron chi connectivity index (χ0n) is 18.2. The van der Waals surface area contributed by atoms with Gasteiger partial charge in [0.15, 0.2) is 0 Å². The first-order valence-electron chi connectivity index (χ1n) is 10.9. The molecule has 168 valence electrons. The van der Waals surface area contributed by atoms with E-state index in [0.29, 0.717) is 13.0 Å². The number of rotatable bonds is 4. The van der Waals surface area contributed by atoms with E-state index in [-0.39, 0.29) is 49.1 Å². The lowest BCUT2D eigenvalue weighted by Gasteiger charge is -2.59. The first-order valence-corrected chi connectivity index (χ1v) is 10.9. The summed E-state index contributed by atoms with van der Waals surface area (Å²) >= 11 is 0. The molecule has 0 radical (unpaired) electrons. The van der Waals surface area contributed by atoms with Crippen molar-refractivity contribution in [3.05, 3.63) is 23.8 Å². The van der Waals surface area contributed by atoms with Crippen LogP contribution in [0.25, 0.3) is 0 Å². The Labute approximate surface area is 178 Å². The minimum atomic E-state index is -0.791. The lowest BCUT2D eigenvalue weighted by Crippen LogP contribution is -2.66. The van der Waals surface area contributed by atoms with E-state index in [9.17, 15) is 15.0 Å². The van der Waals surface area contributed by atoms with Crippen LogP contribution >= 0.6 is 0 Å². The average molecular weight is 423 g/mol. The van der Waals surface area contributed by atoms with Crippen LogP contribution in [0.1, 0.15) is 20.3 Å². The Hall–Kier alpha value is -1.25. The maximum absolute atomic E-state index is 13.0. The van der Waals surface area contributed by atoms with Gasteiger partial charge in [0.05, 0.1) is 50.2 Å². The summed E-state index contributed by atoms with van der Waals surface area (Å²) in [5.74, 6) is -1.58. The smallest absolute Gasteiger partial charge is 0.311 e. The summed E-state index contributed by atoms with van der Waals surface area (Å²) in [7, 11) is 3.16. The van der Waals surface area contributed by atoms with Gasteiger partial charge in [-0.2, -0.15) is 0 Å². The standard InChI is InChI=1S/C23H34O7/c1-12-7-13(2)23-16(14(10-27-3)22(26)29-9-12)5-6-19(23)30-18-8-17(23)20(24)15(11-28-4)21(18)25/h5-7,12,14-21,24-25H,8-11H2,1-4H3/b13-7+/t12-,14-,15-,16-,17+,18-,19-,20-,21-,23+/m1/s1. The quantitative estimate of drug-likeness (QED) is 0.521. The van der Waals surface area contributed by atoms with Crippen LogP contribution in [0.5, 0.6) is 0 Å². The second-order valence-electron chi connectivity index (χ2n) is 9.40. The summed E-state index contributed by atoms with van der Waals surface area (Å²) in [5, 5.41) is 22.3. The summed E-state index contributed by atoms with van der Waals surface area (Å²) in [4.78, 5) is 13.0. The van der Waals surface area contributed by atoms with Crippen LogP contribution in [0.2, 0.25) is 0 Å². The van der Waals surface area contributed by atoms with Crippen molar-refractivity contribution in [1.29, 1.82) is 0 Å². The molecule has 10 atom stereocenters. The van der Waals surface area contributed by atoms with Crippen molar-refractivity contribution in [2.75, 3.05) is 34.0 Å². The summed E-state index contributed by atoms with van der Waals surface area (Å²) in [6.45, 7) is 4.91. The fourth-order valence-corrected chi connectivity index (χ4v) is 6.53. The van der Waals surface area contributed by atoms with Crippen LogP contribution in [0.4, 0.5) is 0 Å². The van der Waals surface area contributed by atoms with Crippen molar-refractivity contribution in [3.63, 3.8) is 0 Å². The molecular weight excluding hydrogens is 388 g/mol. The Morgan fingerprint density at radius 2 is 1.90 bits per heavy atom. The second-order valence-corrected chi connectivity index (χ2v) is 9.40. The molecule has 2 fully saturated rings. The van der Waals surface area contributed by atoms with E-state index in [4.69, 9.17) is 18.9 Å². The van der Waals surface area contributed by atoms with E-state index in [1.165, 1.54) is 0 Å². The van der Waals surface area contributed by atoms with Gasteiger partial charge in [-0.1, -0.05) is 30.7 Å². The summed E-state index contributed by atoms with van der Waals surface area (Å²) < 4.78 is 22.8. The zero-order valence-corrected chi connectivity index (χ0v) is 18.2. The molecule has 0 aromatic carbocycles. The summed E-state index contributed by atoms with van der Waals surface area (Å²) in [6.07, 6.45) is 4.46. The topological polar surface area (TPSA) is 94.5 Å². The highest BCUT2D eigenvalue weighted by molar-refractivity contribution is 5.74. The predicted octanol–water partition coefficient (Wildman–Crippen LogP) is 1.33. The maximum Gasteiger partial charge on any atom is 0.311 e. The van der Waals surface area contributed by atoms with E-state index in [1.54, 1.807) is 14.2 Å². The molecule has 1 saturated heterocycles. The Balaban J connectivity index is 1.85. The van der Waals surface area contributed by atoms with Gasteiger partial charge >= 0.3 is 5.97 Å². The van der Waals surface area contributed by atoms with Crippen LogP contribution in [-0.4, -0.2) is 74.6 Å². The van der Waals surface area contributed by atoms with E-state index in [0.717, 1.165) is 5.57 Å². The summed E-state index contributed by atoms with van der Waals surface area (Å²) in [6, 6.07) is 0. The normalized spacial score (nSPS) is 49.7. The number of hydrogen-bond donors (Lipinski definition) is 2. The highest BCUT2D eigenvalue weighted by Gasteiger charge is 2.66. The van der Waals surface area contributed by atoms with Crippen molar-refractivity contribution in [2.45, 2.75) is 44.7 Å². The van der Waals surface area contributed by atoms with Crippen molar-refractivity contribution >= 4 is 5.97 Å². The lowest BCUT2D eigenvalue weighted by molar-refractivity contribution is -0.248. The molecule has 0 aromatic rings. The fourth-order valence-electron chi connectivity index (χ4n) is 6.53. The van der Waals surface area contributed by atoms with Gasteiger partial charge in [-0.05, 0) is 13.3 Å². The molecule has 1 saturated carbocycles. The van der Waals surface area contributed by atoms with Crippen molar-refractivity contribution in [2.24, 2.45) is 35.0 Å². The number of carbonyl (C=O) groups excluding carboxylic acids is 1. The third kappa shape index (κ3) is 3.17. The molecule has 2 bridgehead atoms. The Morgan fingerprint density at radius 1 is 1.17 bits per heavy atom. The minimum Gasteiger partial charge on any atom is -0.465 e. The molecule has 7 nitrogen and oxygen atoms in total. The number of allylic oxidation sites excluding steroid dienone is 1. The number of hydrogen-bond acceptors (Lipinski definition) is 7. The first kappa shape index (κ1) is 22.0. The van der Waals surface area contributed by atoms with E-state index in [1.807, 2.05) is 19.1 Å². The largest absolute Gasteiger partial charge is 0.465 e.